The first-order valence-corrected chi connectivity index (χ1v) is 25.1. The second-order valence-corrected chi connectivity index (χ2v) is 16.8. The number of ether oxygens (including phenoxy) is 4. The zero-order valence-electron chi connectivity index (χ0n) is 40.0. The van der Waals surface area contributed by atoms with Crippen molar-refractivity contribution in [2.45, 2.75) is 141 Å². The van der Waals surface area contributed by atoms with E-state index in [2.05, 4.69) is 141 Å². The number of carbonyl (C=O) groups excluding carboxylic acids is 2. The van der Waals surface area contributed by atoms with E-state index in [4.69, 9.17) is 42.1 Å². The highest BCUT2D eigenvalue weighted by atomic mass is 35.5. The van der Waals surface area contributed by atoms with Crippen molar-refractivity contribution in [2.75, 3.05) is 18.5 Å². The number of benzene rings is 2. The molecule has 3 atom stereocenters. The molecular weight excluding hydrogens is 878 g/mol. The first-order chi connectivity index (χ1) is 32.9. The summed E-state index contributed by atoms with van der Waals surface area (Å²) in [5.74, 6) is -0.780. The van der Waals surface area contributed by atoms with Gasteiger partial charge >= 0.3 is 11.9 Å². The van der Waals surface area contributed by atoms with Crippen LogP contribution in [0.2, 0.25) is 10.0 Å². The van der Waals surface area contributed by atoms with Crippen molar-refractivity contribution in [3.8, 4) is 0 Å². The number of esters is 2. The fraction of sp³-hybridized carbons (Fsp3) is 0.414. The number of halogens is 2. The van der Waals surface area contributed by atoms with Crippen molar-refractivity contribution >= 4 is 46.5 Å². The molecule has 1 aliphatic heterocycles. The van der Waals surface area contributed by atoms with Crippen LogP contribution in [0.15, 0.2) is 164 Å². The quantitative estimate of drug-likeness (QED) is 0.0315. The summed E-state index contributed by atoms with van der Waals surface area (Å²) in [5.41, 5.74) is 1.94. The van der Waals surface area contributed by atoms with E-state index < -0.39 is 18.4 Å². The molecule has 67 heavy (non-hydrogen) atoms. The van der Waals surface area contributed by atoms with Gasteiger partial charge in [0, 0.05) is 12.1 Å². The molecule has 0 radical (unpaired) electrons. The number of epoxide rings is 1. The monoisotopic (exact) mass is 951 g/mol. The molecule has 2 aromatic carbocycles. The summed E-state index contributed by atoms with van der Waals surface area (Å²) < 4.78 is 23.4. The molecule has 1 aliphatic rings. The minimum absolute atomic E-state index is 0.00803. The van der Waals surface area contributed by atoms with Gasteiger partial charge in [0.1, 0.15) is 25.4 Å². The van der Waals surface area contributed by atoms with Gasteiger partial charge in [0.2, 0.25) is 0 Å². The van der Waals surface area contributed by atoms with Gasteiger partial charge in [-0.2, -0.15) is 0 Å². The number of unbranched alkanes of at least 4 members (excludes halogenated alkanes) is 2. The summed E-state index contributed by atoms with van der Waals surface area (Å²) in [6.45, 7) is 4.15. The lowest BCUT2D eigenvalue weighted by Gasteiger charge is -2.18. The van der Waals surface area contributed by atoms with Gasteiger partial charge in [0.25, 0.3) is 0 Å². The van der Waals surface area contributed by atoms with E-state index in [1.165, 1.54) is 0 Å². The van der Waals surface area contributed by atoms with Crippen LogP contribution < -0.4 is 5.32 Å². The van der Waals surface area contributed by atoms with Gasteiger partial charge in [-0.3, -0.25) is 9.59 Å². The predicted octanol–water partition coefficient (Wildman–Crippen LogP) is 16.3. The molecule has 7 nitrogen and oxygen atoms in total. The van der Waals surface area contributed by atoms with Crippen molar-refractivity contribution in [1.82, 2.24) is 0 Å². The molecule has 0 aliphatic carbocycles. The average molecular weight is 953 g/mol. The molecule has 1 heterocycles. The van der Waals surface area contributed by atoms with Gasteiger partial charge in [0.05, 0.1) is 22.2 Å². The molecule has 3 unspecified atom stereocenters. The maximum atomic E-state index is 13.2. The maximum Gasteiger partial charge on any atom is 0.310 e. The van der Waals surface area contributed by atoms with Crippen LogP contribution in [0.1, 0.15) is 122 Å². The molecule has 1 N–H and O–H groups in total. The number of allylic oxidation sites excluding steroid dienone is 20. The van der Waals surface area contributed by atoms with E-state index in [-0.39, 0.29) is 38.1 Å². The maximum absolute atomic E-state index is 13.2. The van der Waals surface area contributed by atoms with E-state index in [0.717, 1.165) is 89.9 Å². The largest absolute Gasteiger partial charge is 0.463 e. The summed E-state index contributed by atoms with van der Waals surface area (Å²) in [6.07, 6.45) is 56.6. The Morgan fingerprint density at radius 1 is 0.582 bits per heavy atom. The van der Waals surface area contributed by atoms with Crippen LogP contribution in [0.4, 0.5) is 11.4 Å². The first kappa shape index (κ1) is 56.4. The van der Waals surface area contributed by atoms with E-state index >= 15 is 0 Å². The van der Waals surface area contributed by atoms with Crippen LogP contribution in [0, 0.1) is 0 Å². The van der Waals surface area contributed by atoms with Crippen LogP contribution in [-0.4, -0.2) is 43.7 Å². The number of carbonyl (C=O) groups is 2. The summed E-state index contributed by atoms with van der Waals surface area (Å²) in [5, 5.41) is 4.18. The Morgan fingerprint density at radius 2 is 1.03 bits per heavy atom. The molecule has 0 aromatic heterocycles. The zero-order chi connectivity index (χ0) is 47.8. The summed E-state index contributed by atoms with van der Waals surface area (Å²) in [6, 6.07) is 12.6. The normalized spacial score (nSPS) is 16.1. The molecule has 1 fully saturated rings. The van der Waals surface area contributed by atoms with Crippen LogP contribution in [-0.2, 0) is 35.0 Å². The summed E-state index contributed by atoms with van der Waals surface area (Å²) in [7, 11) is 0. The minimum Gasteiger partial charge on any atom is -0.463 e. The van der Waals surface area contributed by atoms with Crippen LogP contribution in [0.25, 0.3) is 0 Å². The molecule has 0 saturated carbocycles. The van der Waals surface area contributed by atoms with Gasteiger partial charge < -0.3 is 24.3 Å². The minimum atomic E-state index is -0.685. The fourth-order valence-corrected chi connectivity index (χ4v) is 7.00. The highest BCUT2D eigenvalue weighted by Gasteiger charge is 2.41. The smallest absolute Gasteiger partial charge is 0.310 e. The van der Waals surface area contributed by atoms with E-state index in [0.29, 0.717) is 33.4 Å². The van der Waals surface area contributed by atoms with Gasteiger partial charge in [-0.1, -0.05) is 183 Å². The number of rotatable bonds is 36. The number of para-hydroxylation sites is 2. The molecule has 0 amide bonds. The van der Waals surface area contributed by atoms with Gasteiger partial charge in [-0.25, -0.2) is 0 Å². The third kappa shape index (κ3) is 28.8. The number of hydrogen-bond donors (Lipinski definition) is 1. The molecule has 0 spiro atoms. The molecule has 9 heteroatoms. The van der Waals surface area contributed by atoms with Gasteiger partial charge in [-0.15, -0.1) is 0 Å². The molecule has 362 valence electrons. The Kier molecular flexibility index (Phi) is 32.1. The van der Waals surface area contributed by atoms with Crippen molar-refractivity contribution in [1.29, 1.82) is 0 Å². The number of nitrogens with one attached hydrogen (secondary N) is 1. The predicted molar refractivity (Wildman–Crippen MR) is 282 cm³/mol. The van der Waals surface area contributed by atoms with Crippen LogP contribution in [0.3, 0.4) is 0 Å². The van der Waals surface area contributed by atoms with E-state index in [1.807, 2.05) is 24.3 Å². The SMILES string of the molecule is CC/C=C\C/C=C\C/C=C\C/C=C\C/C=C\CCCC(=O)OCC(COC(=O)Cc1ccccc1Nc1c(Cl)cccc1Cl)OC1OC1CCC/C=C\C/C=C\C/C=C\C/C=C\C/C=C\CC. The van der Waals surface area contributed by atoms with Crippen molar-refractivity contribution in [3.05, 3.63) is 180 Å². The third-order valence-corrected chi connectivity index (χ3v) is 10.9. The highest BCUT2D eigenvalue weighted by molar-refractivity contribution is 6.39. The van der Waals surface area contributed by atoms with Gasteiger partial charge in [-0.05, 0) is 120 Å². The summed E-state index contributed by atoms with van der Waals surface area (Å²) >= 11 is 12.8. The number of anilines is 2. The third-order valence-electron chi connectivity index (χ3n) is 10.2. The van der Waals surface area contributed by atoms with Gasteiger partial charge in [0.15, 0.2) is 6.29 Å². The second-order valence-electron chi connectivity index (χ2n) is 16.0. The molecule has 0 bridgehead atoms. The Balaban J connectivity index is 1.40. The lowest BCUT2D eigenvalue weighted by molar-refractivity contribution is -0.158. The number of hydrogen-bond acceptors (Lipinski definition) is 7. The Labute approximate surface area is 412 Å². The molecule has 3 rings (SSSR count). The van der Waals surface area contributed by atoms with Crippen molar-refractivity contribution in [3.63, 3.8) is 0 Å². The Bertz CT molecular complexity index is 1970. The first-order valence-electron chi connectivity index (χ1n) is 24.3. The second kappa shape index (κ2) is 38.1. The standard InChI is InChI=1S/C58H75Cl2NO6/c1-3-5-7-9-11-13-15-17-19-21-23-25-27-29-31-33-35-44-54-58(67-54)66-50(48-65-56(63)46-49-40-37-38-43-53(49)61-57-51(59)41-39-42-52(57)60)47-64-55(62)45-36-34-32-30-28-26-24-22-20-18-16-14-12-10-8-6-4-2/h5-8,11-14,17-20,23-26,29-32,37-43,50,54,58,61H,3-4,9-10,15-16,21-22,27-28,33-36,44-48H2,1-2H3/b7-5-,8-6-,13-11-,14-12-,19-17-,20-18-,25-23-,26-24-,31-29-,32-30-. The molecular formula is C58H75Cl2NO6. The van der Waals surface area contributed by atoms with Crippen molar-refractivity contribution < 1.29 is 28.5 Å². The summed E-state index contributed by atoms with van der Waals surface area (Å²) in [4.78, 5) is 26.0. The molecule has 2 aromatic rings. The van der Waals surface area contributed by atoms with E-state index in [9.17, 15) is 9.59 Å². The molecule has 1 saturated heterocycles. The van der Waals surface area contributed by atoms with E-state index in [1.54, 1.807) is 18.2 Å². The topological polar surface area (TPSA) is 86.4 Å². The fourth-order valence-electron chi connectivity index (χ4n) is 6.50. The highest BCUT2D eigenvalue weighted by Crippen LogP contribution is 2.34. The van der Waals surface area contributed by atoms with Crippen LogP contribution >= 0.6 is 23.2 Å². The Hall–Kier alpha value is -4.92. The average Bonchev–Trinajstić information content (AvgIpc) is 4.08. The zero-order valence-corrected chi connectivity index (χ0v) is 41.5. The Morgan fingerprint density at radius 3 is 1.54 bits per heavy atom. The lowest BCUT2D eigenvalue weighted by atomic mass is 10.1. The van der Waals surface area contributed by atoms with Crippen molar-refractivity contribution in [2.24, 2.45) is 0 Å². The lowest BCUT2D eigenvalue weighted by Crippen LogP contribution is -2.30. The van der Waals surface area contributed by atoms with Crippen LogP contribution in [0.5, 0.6) is 0 Å².